The van der Waals surface area contributed by atoms with E-state index in [-0.39, 0.29) is 5.78 Å². The van der Waals surface area contributed by atoms with Crippen LogP contribution in [0.1, 0.15) is 22.8 Å². The largest absolute Gasteiger partial charge is 0.490 e. The van der Waals surface area contributed by atoms with Gasteiger partial charge in [0.25, 0.3) is 0 Å². The average molecular weight is 349 g/mol. The van der Waals surface area contributed by atoms with Crippen LogP contribution >= 0.6 is 15.9 Å². The van der Waals surface area contributed by atoms with E-state index in [1.807, 2.05) is 36.4 Å². The molecule has 0 aliphatic rings. The van der Waals surface area contributed by atoms with Crippen molar-refractivity contribution >= 4 is 21.7 Å². The zero-order valence-corrected chi connectivity index (χ0v) is 13.4. The molecule has 0 atom stereocenters. The number of carbonyl (C=O) groups excluding carboxylic acids is 1. The van der Waals surface area contributed by atoms with Gasteiger partial charge >= 0.3 is 0 Å². The third-order valence-electron chi connectivity index (χ3n) is 2.91. The van der Waals surface area contributed by atoms with Gasteiger partial charge in [-0.25, -0.2) is 0 Å². The van der Waals surface area contributed by atoms with Crippen molar-refractivity contribution in [2.24, 2.45) is 0 Å². The molecule has 2 rings (SSSR count). The van der Waals surface area contributed by atoms with Crippen LogP contribution in [0.4, 0.5) is 0 Å². The number of ketones is 1. The molecule has 110 valence electrons. The van der Waals surface area contributed by atoms with Gasteiger partial charge in [0.2, 0.25) is 0 Å². The maximum Gasteiger partial charge on any atom is 0.163 e. The van der Waals surface area contributed by atoms with Crippen molar-refractivity contribution in [2.75, 3.05) is 13.2 Å². The molecule has 0 fully saturated rings. The van der Waals surface area contributed by atoms with Gasteiger partial charge in [-0.1, -0.05) is 40.2 Å². The Hall–Kier alpha value is -1.65. The normalized spacial score (nSPS) is 10.4. The van der Waals surface area contributed by atoms with E-state index in [0.29, 0.717) is 31.1 Å². The van der Waals surface area contributed by atoms with Crippen molar-refractivity contribution in [2.45, 2.75) is 13.5 Å². The summed E-state index contributed by atoms with van der Waals surface area (Å²) in [7, 11) is 0. The summed E-state index contributed by atoms with van der Waals surface area (Å²) in [5.41, 5.74) is 1.71. The summed E-state index contributed by atoms with van der Waals surface area (Å²) in [5.74, 6) is 0.608. The lowest BCUT2D eigenvalue weighted by atomic mass is 10.1. The Morgan fingerprint density at radius 3 is 2.67 bits per heavy atom. The highest BCUT2D eigenvalue weighted by Gasteiger charge is 2.06. The Balaban J connectivity index is 1.76. The topological polar surface area (TPSA) is 35.5 Å². The van der Waals surface area contributed by atoms with Crippen LogP contribution in [0.25, 0.3) is 0 Å². The van der Waals surface area contributed by atoms with Crippen molar-refractivity contribution in [1.82, 2.24) is 0 Å². The molecule has 0 radical (unpaired) electrons. The van der Waals surface area contributed by atoms with E-state index in [1.54, 1.807) is 12.1 Å². The molecular weight excluding hydrogens is 332 g/mol. The van der Waals surface area contributed by atoms with Crippen LogP contribution in [0, 0.1) is 0 Å². The molecule has 0 heterocycles. The van der Waals surface area contributed by atoms with Crippen LogP contribution in [0.3, 0.4) is 0 Å². The quantitative estimate of drug-likeness (QED) is 0.554. The van der Waals surface area contributed by atoms with Crippen LogP contribution in [0.5, 0.6) is 5.75 Å². The molecule has 0 unspecified atom stereocenters. The van der Waals surface area contributed by atoms with Crippen molar-refractivity contribution in [1.29, 1.82) is 0 Å². The van der Waals surface area contributed by atoms with Crippen LogP contribution in [-0.2, 0) is 11.3 Å². The number of ether oxygens (including phenoxy) is 2. The summed E-state index contributed by atoms with van der Waals surface area (Å²) >= 11 is 3.42. The van der Waals surface area contributed by atoms with E-state index in [1.165, 1.54) is 6.92 Å². The van der Waals surface area contributed by atoms with E-state index >= 15 is 0 Å². The molecule has 0 aromatic heterocycles. The van der Waals surface area contributed by atoms with Crippen molar-refractivity contribution in [3.8, 4) is 5.75 Å². The maximum absolute atomic E-state index is 11.5. The number of para-hydroxylation sites is 1. The summed E-state index contributed by atoms with van der Waals surface area (Å²) in [6.07, 6.45) is 0. The first-order valence-electron chi connectivity index (χ1n) is 6.72. The molecule has 0 amide bonds. The van der Waals surface area contributed by atoms with Gasteiger partial charge < -0.3 is 9.47 Å². The average Bonchev–Trinajstić information content (AvgIpc) is 2.47. The molecule has 3 nitrogen and oxygen atoms in total. The number of hydrogen-bond donors (Lipinski definition) is 0. The van der Waals surface area contributed by atoms with E-state index in [4.69, 9.17) is 9.47 Å². The fraction of sp³-hybridized carbons (Fsp3) is 0.235. The van der Waals surface area contributed by atoms with Crippen LogP contribution in [0.15, 0.2) is 53.0 Å². The highest BCUT2D eigenvalue weighted by Crippen LogP contribution is 2.18. The highest BCUT2D eigenvalue weighted by atomic mass is 79.9. The maximum atomic E-state index is 11.5. The van der Waals surface area contributed by atoms with Crippen LogP contribution in [0.2, 0.25) is 0 Å². The summed E-state index contributed by atoms with van der Waals surface area (Å²) in [6.45, 7) is 2.96. The second-order valence-corrected chi connectivity index (χ2v) is 5.50. The Morgan fingerprint density at radius 2 is 1.90 bits per heavy atom. The molecule has 2 aromatic carbocycles. The number of benzene rings is 2. The molecule has 0 aliphatic heterocycles. The van der Waals surface area contributed by atoms with Gasteiger partial charge in [0, 0.05) is 4.47 Å². The first kappa shape index (κ1) is 15.7. The minimum absolute atomic E-state index is 0.000606. The van der Waals surface area contributed by atoms with E-state index < -0.39 is 0 Å². The molecular formula is C17H17BrO3. The van der Waals surface area contributed by atoms with Crippen molar-refractivity contribution in [3.63, 3.8) is 0 Å². The number of halogens is 1. The molecule has 21 heavy (non-hydrogen) atoms. The first-order chi connectivity index (χ1) is 10.2. The standard InChI is InChI=1S/C17H17BrO3/c1-13(19)16-7-2-3-8-17(16)21-10-9-20-12-14-5-4-6-15(18)11-14/h2-8,11H,9-10,12H2,1H3. The van der Waals surface area contributed by atoms with E-state index in [2.05, 4.69) is 15.9 Å². The lowest BCUT2D eigenvalue weighted by Gasteiger charge is -2.10. The Labute approximate surface area is 133 Å². The fourth-order valence-electron chi connectivity index (χ4n) is 1.91. The smallest absolute Gasteiger partial charge is 0.163 e. The molecule has 4 heteroatoms. The van der Waals surface area contributed by atoms with Gasteiger partial charge in [-0.05, 0) is 36.8 Å². The van der Waals surface area contributed by atoms with Gasteiger partial charge in [0.15, 0.2) is 5.78 Å². The molecule has 0 saturated heterocycles. The Morgan fingerprint density at radius 1 is 1.10 bits per heavy atom. The highest BCUT2D eigenvalue weighted by molar-refractivity contribution is 9.10. The number of carbonyl (C=O) groups is 1. The molecule has 0 N–H and O–H groups in total. The predicted molar refractivity (Wildman–Crippen MR) is 85.7 cm³/mol. The third-order valence-corrected chi connectivity index (χ3v) is 3.40. The molecule has 0 aliphatic carbocycles. The molecule has 0 bridgehead atoms. The SMILES string of the molecule is CC(=O)c1ccccc1OCCOCc1cccc(Br)c1. The van der Waals surface area contributed by atoms with Gasteiger partial charge in [-0.2, -0.15) is 0 Å². The second-order valence-electron chi connectivity index (χ2n) is 4.58. The molecule has 0 saturated carbocycles. The van der Waals surface area contributed by atoms with E-state index in [0.717, 1.165) is 10.0 Å². The summed E-state index contributed by atoms with van der Waals surface area (Å²) < 4.78 is 12.2. The van der Waals surface area contributed by atoms with Gasteiger partial charge in [0.1, 0.15) is 12.4 Å². The summed E-state index contributed by atoms with van der Waals surface area (Å²) in [4.78, 5) is 11.5. The number of rotatable bonds is 7. The van der Waals surface area contributed by atoms with Crippen molar-refractivity contribution < 1.29 is 14.3 Å². The summed E-state index contributed by atoms with van der Waals surface area (Å²) in [5, 5.41) is 0. The van der Waals surface area contributed by atoms with Gasteiger partial charge in [-0.3, -0.25) is 4.79 Å². The Bertz CT molecular complexity index is 610. The third kappa shape index (κ3) is 4.99. The zero-order chi connectivity index (χ0) is 15.1. The minimum atomic E-state index is 0.000606. The van der Waals surface area contributed by atoms with Crippen molar-refractivity contribution in [3.05, 3.63) is 64.1 Å². The Kier molecular flexibility index (Phi) is 5.96. The first-order valence-corrected chi connectivity index (χ1v) is 7.51. The lowest BCUT2D eigenvalue weighted by Crippen LogP contribution is -2.08. The van der Waals surface area contributed by atoms with Gasteiger partial charge in [0.05, 0.1) is 18.8 Å². The van der Waals surface area contributed by atoms with Crippen LogP contribution in [-0.4, -0.2) is 19.0 Å². The van der Waals surface area contributed by atoms with Crippen LogP contribution < -0.4 is 4.74 Å². The predicted octanol–water partition coefficient (Wildman–Crippen LogP) is 4.25. The summed E-state index contributed by atoms with van der Waals surface area (Å²) in [6, 6.07) is 15.2. The monoisotopic (exact) mass is 348 g/mol. The zero-order valence-electron chi connectivity index (χ0n) is 11.8. The molecule has 0 spiro atoms. The minimum Gasteiger partial charge on any atom is -0.490 e. The van der Waals surface area contributed by atoms with Gasteiger partial charge in [-0.15, -0.1) is 0 Å². The van der Waals surface area contributed by atoms with E-state index in [9.17, 15) is 4.79 Å². The lowest BCUT2D eigenvalue weighted by molar-refractivity contribution is 0.0875. The fourth-order valence-corrected chi connectivity index (χ4v) is 2.36. The second kappa shape index (κ2) is 7.96. The number of Topliss-reactive ketones (excluding diaryl/α,β-unsaturated/α-hetero) is 1. The number of hydrogen-bond acceptors (Lipinski definition) is 3. The molecule has 2 aromatic rings.